The molecule has 1 aromatic heterocycles. The Hall–Kier alpha value is -3.45. The molecule has 0 fully saturated rings. The molecule has 12 nitrogen and oxygen atoms in total. The maximum atomic E-state index is 12.1. The predicted molar refractivity (Wildman–Crippen MR) is 111 cm³/mol. The highest BCUT2D eigenvalue weighted by Crippen LogP contribution is 2.38. The van der Waals surface area contributed by atoms with E-state index >= 15 is 0 Å². The second-order valence-electron chi connectivity index (χ2n) is 6.40. The fourth-order valence-electron chi connectivity index (χ4n) is 2.52. The van der Waals surface area contributed by atoms with E-state index in [0.717, 1.165) is 18.7 Å². The molecule has 2 aromatic rings. The summed E-state index contributed by atoms with van der Waals surface area (Å²) in [5.41, 5.74) is -0.0575. The van der Waals surface area contributed by atoms with E-state index < -0.39 is 46.5 Å². The van der Waals surface area contributed by atoms with Crippen molar-refractivity contribution < 1.29 is 38.9 Å². The molecule has 0 aliphatic carbocycles. The molecule has 172 valence electrons. The van der Waals surface area contributed by atoms with Crippen molar-refractivity contribution in [3.63, 3.8) is 0 Å². The Balaban J connectivity index is 2.57. The Morgan fingerprint density at radius 2 is 1.91 bits per heavy atom. The number of nitro groups is 1. The number of thioether (sulfide) groups is 1. The van der Waals surface area contributed by atoms with Crippen molar-refractivity contribution in [1.82, 2.24) is 9.97 Å². The summed E-state index contributed by atoms with van der Waals surface area (Å²) in [5, 5.41) is 30.7. The third-order valence-corrected chi connectivity index (χ3v) is 4.41. The summed E-state index contributed by atoms with van der Waals surface area (Å²) in [6.45, 7) is 4.65. The lowest BCUT2D eigenvalue weighted by molar-refractivity contribution is -0.387. The van der Waals surface area contributed by atoms with E-state index in [1.165, 1.54) is 12.1 Å². The molecule has 0 saturated heterocycles. The van der Waals surface area contributed by atoms with Crippen LogP contribution < -0.4 is 9.47 Å². The lowest BCUT2D eigenvalue weighted by Crippen LogP contribution is -2.37. The molecule has 2 N–H and O–H groups in total. The van der Waals surface area contributed by atoms with E-state index in [2.05, 4.69) is 9.97 Å². The molecule has 0 aliphatic heterocycles. The van der Waals surface area contributed by atoms with E-state index in [1.54, 1.807) is 26.2 Å². The fraction of sp³-hybridized carbons (Fsp3) is 0.368. The van der Waals surface area contributed by atoms with Crippen LogP contribution in [0.25, 0.3) is 0 Å². The number of carboxylic acids is 1. The van der Waals surface area contributed by atoms with Crippen molar-refractivity contribution >= 4 is 29.4 Å². The number of carboxylic acid groups (broad SMARTS) is 1. The minimum absolute atomic E-state index is 0.00593. The number of aliphatic hydroxyl groups is 1. The molecular formula is C19H21N3O9S. The van der Waals surface area contributed by atoms with Crippen molar-refractivity contribution in [3.8, 4) is 17.5 Å². The smallest absolute Gasteiger partial charge is 0.392 e. The number of aryl methyl sites for hydroxylation is 1. The number of carbonyl (C=O) groups excluding carboxylic acids is 1. The number of aliphatic hydroxyl groups excluding tert-OH is 1. The van der Waals surface area contributed by atoms with Crippen LogP contribution in [0.1, 0.15) is 29.8 Å². The summed E-state index contributed by atoms with van der Waals surface area (Å²) < 4.78 is 15.7. The first-order chi connectivity index (χ1) is 15.1. The third kappa shape index (κ3) is 6.04. The first kappa shape index (κ1) is 24.8. The molecule has 2 unspecified atom stereocenters. The number of ether oxygens (including phenoxy) is 3. The van der Waals surface area contributed by atoms with Crippen LogP contribution in [0.2, 0.25) is 0 Å². The first-order valence-corrected chi connectivity index (χ1v) is 10.4. The van der Waals surface area contributed by atoms with Crippen LogP contribution in [0.3, 0.4) is 0 Å². The van der Waals surface area contributed by atoms with Gasteiger partial charge in [0.05, 0.1) is 23.2 Å². The van der Waals surface area contributed by atoms with Crippen LogP contribution in [0.15, 0.2) is 23.4 Å². The maximum absolute atomic E-state index is 12.1. The number of hydrogen-bond acceptors (Lipinski definition) is 11. The monoisotopic (exact) mass is 467 g/mol. The molecule has 2 atom stereocenters. The van der Waals surface area contributed by atoms with E-state index in [0.29, 0.717) is 5.56 Å². The van der Waals surface area contributed by atoms with Crippen LogP contribution in [-0.2, 0) is 9.53 Å². The van der Waals surface area contributed by atoms with Gasteiger partial charge in [-0.25, -0.2) is 9.59 Å². The van der Waals surface area contributed by atoms with Gasteiger partial charge in [-0.05, 0) is 50.8 Å². The second kappa shape index (κ2) is 10.7. The summed E-state index contributed by atoms with van der Waals surface area (Å²) >= 11 is 1.00. The van der Waals surface area contributed by atoms with E-state index in [-0.39, 0.29) is 23.1 Å². The quantitative estimate of drug-likeness (QED) is 0.172. The largest absolute Gasteiger partial charge is 0.478 e. The molecule has 32 heavy (non-hydrogen) atoms. The predicted octanol–water partition coefficient (Wildman–Crippen LogP) is 2.60. The molecule has 0 radical (unpaired) electrons. The highest BCUT2D eigenvalue weighted by atomic mass is 32.2. The minimum Gasteiger partial charge on any atom is -0.478 e. The third-order valence-electron chi connectivity index (χ3n) is 3.86. The number of nitrogens with zero attached hydrogens (tertiary/aromatic N) is 3. The molecule has 0 amide bonds. The van der Waals surface area contributed by atoms with Crippen molar-refractivity contribution in [2.24, 2.45) is 0 Å². The van der Waals surface area contributed by atoms with Gasteiger partial charge in [-0.3, -0.25) is 10.1 Å². The Bertz CT molecular complexity index is 1030. The number of esters is 1. The van der Waals surface area contributed by atoms with Crippen molar-refractivity contribution in [1.29, 1.82) is 0 Å². The molecule has 0 aliphatic rings. The second-order valence-corrected chi connectivity index (χ2v) is 7.17. The van der Waals surface area contributed by atoms with Gasteiger partial charge in [-0.1, -0.05) is 11.8 Å². The van der Waals surface area contributed by atoms with Crippen molar-refractivity contribution in [2.75, 3.05) is 12.9 Å². The zero-order valence-electron chi connectivity index (χ0n) is 17.6. The van der Waals surface area contributed by atoms with Gasteiger partial charge in [0.2, 0.25) is 6.10 Å². The summed E-state index contributed by atoms with van der Waals surface area (Å²) in [6.07, 6.45) is -1.72. The van der Waals surface area contributed by atoms with Crippen LogP contribution in [0, 0.1) is 17.0 Å². The van der Waals surface area contributed by atoms with Gasteiger partial charge in [-0.2, -0.15) is 9.97 Å². The van der Waals surface area contributed by atoms with Gasteiger partial charge in [0, 0.05) is 0 Å². The van der Waals surface area contributed by atoms with Gasteiger partial charge in [0.15, 0.2) is 5.16 Å². The molecule has 13 heteroatoms. The number of aliphatic carboxylic acids is 1. The van der Waals surface area contributed by atoms with Crippen LogP contribution >= 0.6 is 11.8 Å². The van der Waals surface area contributed by atoms with Gasteiger partial charge < -0.3 is 24.4 Å². The standard InChI is InChI=1S/C19H21N3O9S/c1-5-29-18(26)11-6-9(2)7-12(8-11)30-15-13(22(27)28)16(21-19(20-15)32-4)31-14(10(3)23)17(24)25/h6-8,10,14,23H,5H2,1-4H3,(H,24,25). The number of rotatable bonds is 10. The Kier molecular flexibility index (Phi) is 8.32. The molecule has 2 rings (SSSR count). The number of benzene rings is 1. The summed E-state index contributed by atoms with van der Waals surface area (Å²) in [7, 11) is 0. The van der Waals surface area contributed by atoms with Crippen LogP contribution in [0.5, 0.6) is 17.5 Å². The minimum atomic E-state index is -1.82. The van der Waals surface area contributed by atoms with Crippen LogP contribution in [0.4, 0.5) is 5.69 Å². The molecule has 0 bridgehead atoms. The lowest BCUT2D eigenvalue weighted by Gasteiger charge is -2.17. The van der Waals surface area contributed by atoms with Gasteiger partial charge in [-0.15, -0.1) is 0 Å². The highest BCUT2D eigenvalue weighted by molar-refractivity contribution is 7.98. The highest BCUT2D eigenvalue weighted by Gasteiger charge is 2.34. The molecular weight excluding hydrogens is 446 g/mol. The normalized spacial score (nSPS) is 12.5. The van der Waals surface area contributed by atoms with Gasteiger partial charge in [0.25, 0.3) is 0 Å². The molecule has 1 aromatic carbocycles. The van der Waals surface area contributed by atoms with Gasteiger partial charge in [0.1, 0.15) is 5.75 Å². The first-order valence-electron chi connectivity index (χ1n) is 9.21. The average molecular weight is 467 g/mol. The average Bonchev–Trinajstić information content (AvgIpc) is 2.70. The molecule has 0 spiro atoms. The lowest BCUT2D eigenvalue weighted by atomic mass is 10.1. The van der Waals surface area contributed by atoms with Crippen molar-refractivity contribution in [2.45, 2.75) is 38.1 Å². The summed E-state index contributed by atoms with van der Waals surface area (Å²) in [4.78, 5) is 42.2. The molecule has 0 saturated carbocycles. The Labute approximate surface area is 186 Å². The van der Waals surface area contributed by atoms with E-state index in [4.69, 9.17) is 14.2 Å². The number of hydrogen-bond donors (Lipinski definition) is 2. The zero-order valence-corrected chi connectivity index (χ0v) is 18.4. The Morgan fingerprint density at radius 3 is 2.44 bits per heavy atom. The SMILES string of the molecule is CCOC(=O)c1cc(C)cc(Oc2nc(SC)nc(OC(C(=O)O)C(C)O)c2[N+](=O)[O-])c1. The zero-order chi connectivity index (χ0) is 24.0. The summed E-state index contributed by atoms with van der Waals surface area (Å²) in [6, 6.07) is 4.40. The van der Waals surface area contributed by atoms with Crippen molar-refractivity contribution in [3.05, 3.63) is 39.4 Å². The molecule has 1 heterocycles. The van der Waals surface area contributed by atoms with Gasteiger partial charge >= 0.3 is 29.4 Å². The topological polar surface area (TPSA) is 171 Å². The van der Waals surface area contributed by atoms with Crippen LogP contribution in [-0.4, -0.2) is 62.1 Å². The fourth-order valence-corrected chi connectivity index (χ4v) is 2.87. The van der Waals surface area contributed by atoms with E-state index in [9.17, 15) is 29.9 Å². The number of carbonyl (C=O) groups is 2. The Morgan fingerprint density at radius 1 is 1.25 bits per heavy atom. The van der Waals surface area contributed by atoms with E-state index in [1.807, 2.05) is 0 Å². The summed E-state index contributed by atoms with van der Waals surface area (Å²) in [5.74, 6) is -3.30. The maximum Gasteiger partial charge on any atom is 0.392 e. The number of aromatic nitrogens is 2.